The van der Waals surface area contributed by atoms with Crippen LogP contribution in [-0.4, -0.2) is 62.1 Å². The summed E-state index contributed by atoms with van der Waals surface area (Å²) in [4.78, 5) is 10.2. The first kappa shape index (κ1) is 19.6. The van der Waals surface area contributed by atoms with Crippen molar-refractivity contribution in [2.45, 2.75) is 37.9 Å². The molecule has 0 bridgehead atoms. The molecule has 0 spiro atoms. The first-order valence-corrected chi connectivity index (χ1v) is 10.8. The lowest BCUT2D eigenvalue weighted by molar-refractivity contribution is -0.0298. The normalized spacial score (nSPS) is 22.3. The SMILES string of the molecule is CN1CCC(OCOc2cc(N(C)C)ccc2-c2nc3c(s2)C(O)CCC3)C1. The van der Waals surface area contributed by atoms with Crippen LogP contribution in [0.2, 0.25) is 0 Å². The Labute approximate surface area is 170 Å². The summed E-state index contributed by atoms with van der Waals surface area (Å²) in [5, 5.41) is 11.2. The monoisotopic (exact) mass is 403 g/mol. The number of anilines is 1. The highest BCUT2D eigenvalue weighted by molar-refractivity contribution is 7.15. The predicted octanol–water partition coefficient (Wildman–Crippen LogP) is 3.30. The molecule has 1 aliphatic carbocycles. The topological polar surface area (TPSA) is 58.1 Å². The molecule has 2 unspecified atom stereocenters. The number of aryl methyl sites for hydroxylation is 1. The van der Waals surface area contributed by atoms with Gasteiger partial charge in [0.15, 0.2) is 6.79 Å². The highest BCUT2D eigenvalue weighted by Gasteiger charge is 2.25. The molecule has 7 heteroatoms. The number of nitrogens with zero attached hydrogens (tertiary/aromatic N) is 3. The van der Waals surface area contributed by atoms with Gasteiger partial charge in [0.2, 0.25) is 0 Å². The number of fused-ring (bicyclic) bond motifs is 1. The van der Waals surface area contributed by atoms with E-state index in [4.69, 9.17) is 14.5 Å². The molecule has 2 atom stereocenters. The summed E-state index contributed by atoms with van der Waals surface area (Å²) in [5.74, 6) is 0.776. The molecule has 1 fully saturated rings. The van der Waals surface area contributed by atoms with Crippen molar-refractivity contribution < 1.29 is 14.6 Å². The fraction of sp³-hybridized carbons (Fsp3) is 0.571. The average Bonchev–Trinajstić information content (AvgIpc) is 3.28. The molecule has 1 aromatic heterocycles. The van der Waals surface area contributed by atoms with Gasteiger partial charge in [0.1, 0.15) is 10.8 Å². The molecule has 0 amide bonds. The van der Waals surface area contributed by atoms with Gasteiger partial charge >= 0.3 is 0 Å². The minimum atomic E-state index is -0.386. The molecule has 1 N–H and O–H groups in total. The molecule has 6 nitrogen and oxygen atoms in total. The number of likely N-dealkylation sites (tertiary alicyclic amines) is 1. The van der Waals surface area contributed by atoms with Crippen LogP contribution in [0.4, 0.5) is 5.69 Å². The molecule has 2 aliphatic rings. The molecule has 1 saturated heterocycles. The number of likely N-dealkylation sites (N-methyl/N-ethyl adjacent to an activating group) is 1. The van der Waals surface area contributed by atoms with Gasteiger partial charge in [-0.2, -0.15) is 0 Å². The number of thiazole rings is 1. The number of hydrogen-bond acceptors (Lipinski definition) is 7. The molecule has 0 radical (unpaired) electrons. The van der Waals surface area contributed by atoms with Crippen LogP contribution in [0.15, 0.2) is 18.2 Å². The van der Waals surface area contributed by atoms with Crippen LogP contribution in [0.1, 0.15) is 35.9 Å². The molecule has 152 valence electrons. The highest BCUT2D eigenvalue weighted by Crippen LogP contribution is 2.41. The summed E-state index contributed by atoms with van der Waals surface area (Å²) in [6.07, 6.45) is 3.63. The summed E-state index contributed by atoms with van der Waals surface area (Å²) in [6, 6.07) is 6.17. The number of aromatic nitrogens is 1. The Hall–Kier alpha value is -1.67. The van der Waals surface area contributed by atoms with E-state index >= 15 is 0 Å². The van der Waals surface area contributed by atoms with E-state index in [-0.39, 0.29) is 19.0 Å². The maximum atomic E-state index is 10.3. The van der Waals surface area contributed by atoms with Crippen LogP contribution in [0.3, 0.4) is 0 Å². The van der Waals surface area contributed by atoms with E-state index in [0.717, 1.165) is 71.4 Å². The third-order valence-corrected chi connectivity index (χ3v) is 6.73. The third kappa shape index (κ3) is 4.17. The van der Waals surface area contributed by atoms with Crippen molar-refractivity contribution in [1.29, 1.82) is 0 Å². The van der Waals surface area contributed by atoms with Crippen LogP contribution in [0.25, 0.3) is 10.6 Å². The molecule has 4 rings (SSSR count). The quantitative estimate of drug-likeness (QED) is 0.747. The zero-order valence-corrected chi connectivity index (χ0v) is 17.7. The minimum absolute atomic E-state index is 0.229. The molecule has 28 heavy (non-hydrogen) atoms. The van der Waals surface area contributed by atoms with Crippen LogP contribution < -0.4 is 9.64 Å². The Kier molecular flexibility index (Phi) is 5.87. The third-order valence-electron chi connectivity index (χ3n) is 5.50. The van der Waals surface area contributed by atoms with Crippen LogP contribution in [0.5, 0.6) is 5.75 Å². The van der Waals surface area contributed by atoms with Gasteiger partial charge in [-0.15, -0.1) is 11.3 Å². The number of aliphatic hydroxyl groups is 1. The maximum Gasteiger partial charge on any atom is 0.189 e. The lowest BCUT2D eigenvalue weighted by atomic mass is 10.0. The molecular formula is C21H29N3O3S. The first-order chi connectivity index (χ1) is 13.5. The molecular weight excluding hydrogens is 374 g/mol. The second-order valence-electron chi connectivity index (χ2n) is 7.91. The van der Waals surface area contributed by atoms with Gasteiger partial charge in [-0.05, 0) is 44.9 Å². The van der Waals surface area contributed by atoms with E-state index < -0.39 is 0 Å². The lowest BCUT2D eigenvalue weighted by Gasteiger charge is -2.18. The largest absolute Gasteiger partial charge is 0.467 e. The van der Waals surface area contributed by atoms with Crippen molar-refractivity contribution in [3.63, 3.8) is 0 Å². The van der Waals surface area contributed by atoms with E-state index in [1.165, 1.54) is 0 Å². The van der Waals surface area contributed by atoms with Crippen molar-refractivity contribution in [1.82, 2.24) is 9.88 Å². The van der Waals surface area contributed by atoms with Crippen molar-refractivity contribution in [2.75, 3.05) is 45.9 Å². The van der Waals surface area contributed by atoms with Gasteiger partial charge in [-0.3, -0.25) is 0 Å². The van der Waals surface area contributed by atoms with E-state index in [0.29, 0.717) is 0 Å². The summed E-state index contributed by atoms with van der Waals surface area (Å²) in [5.41, 5.74) is 3.07. The Morgan fingerprint density at radius 2 is 2.18 bits per heavy atom. The number of benzene rings is 1. The van der Waals surface area contributed by atoms with Crippen LogP contribution >= 0.6 is 11.3 Å². The lowest BCUT2D eigenvalue weighted by Crippen LogP contribution is -2.21. The van der Waals surface area contributed by atoms with Crippen LogP contribution in [-0.2, 0) is 11.2 Å². The van der Waals surface area contributed by atoms with E-state index in [1.807, 2.05) is 20.2 Å². The van der Waals surface area contributed by atoms with Gasteiger partial charge in [-0.1, -0.05) is 0 Å². The van der Waals surface area contributed by atoms with Crippen molar-refractivity contribution in [3.05, 3.63) is 28.8 Å². The van der Waals surface area contributed by atoms with Gasteiger partial charge < -0.3 is 24.4 Å². The van der Waals surface area contributed by atoms with E-state index in [9.17, 15) is 5.11 Å². The number of rotatable bonds is 6. The summed E-state index contributed by atoms with van der Waals surface area (Å²) < 4.78 is 12.0. The maximum absolute atomic E-state index is 10.3. The number of ether oxygens (including phenoxy) is 2. The van der Waals surface area contributed by atoms with E-state index in [1.54, 1.807) is 11.3 Å². The smallest absolute Gasteiger partial charge is 0.189 e. The predicted molar refractivity (Wildman–Crippen MR) is 112 cm³/mol. The molecule has 0 saturated carbocycles. The molecule has 2 aromatic rings. The Morgan fingerprint density at radius 1 is 1.32 bits per heavy atom. The minimum Gasteiger partial charge on any atom is -0.467 e. The summed E-state index contributed by atoms with van der Waals surface area (Å²) in [6.45, 7) is 2.25. The van der Waals surface area contributed by atoms with Gasteiger partial charge in [0, 0.05) is 38.9 Å². The average molecular weight is 404 g/mol. The fourth-order valence-corrected chi connectivity index (χ4v) is 4.98. The second-order valence-corrected chi connectivity index (χ2v) is 8.95. The molecule has 1 aliphatic heterocycles. The second kappa shape index (κ2) is 8.37. The number of hydrogen-bond donors (Lipinski definition) is 1. The van der Waals surface area contributed by atoms with Gasteiger partial charge in [-0.25, -0.2) is 4.98 Å². The zero-order valence-electron chi connectivity index (χ0n) is 16.9. The Morgan fingerprint density at radius 3 is 2.89 bits per heavy atom. The highest BCUT2D eigenvalue weighted by atomic mass is 32.1. The van der Waals surface area contributed by atoms with Crippen LogP contribution in [0, 0.1) is 0 Å². The Bertz CT molecular complexity index is 823. The van der Waals surface area contributed by atoms with Gasteiger partial charge in [0.05, 0.1) is 28.3 Å². The molecule has 2 heterocycles. The van der Waals surface area contributed by atoms with Crippen molar-refractivity contribution in [2.24, 2.45) is 0 Å². The first-order valence-electron chi connectivity index (χ1n) is 9.93. The summed E-state index contributed by atoms with van der Waals surface area (Å²) >= 11 is 1.58. The van der Waals surface area contributed by atoms with Crippen molar-refractivity contribution in [3.8, 4) is 16.3 Å². The molecule has 1 aromatic carbocycles. The van der Waals surface area contributed by atoms with Crippen molar-refractivity contribution >= 4 is 17.0 Å². The van der Waals surface area contributed by atoms with E-state index in [2.05, 4.69) is 29.0 Å². The Balaban J connectivity index is 1.56. The van der Waals surface area contributed by atoms with Gasteiger partial charge in [0.25, 0.3) is 0 Å². The number of aliphatic hydroxyl groups excluding tert-OH is 1. The fourth-order valence-electron chi connectivity index (χ4n) is 3.82. The zero-order chi connectivity index (χ0) is 19.7. The standard InChI is InChI=1S/C21H29N3O3S/c1-23(2)14-7-8-16(21-22-17-5-4-6-18(25)20(17)28-21)19(11-14)27-13-26-15-9-10-24(3)12-15/h7-8,11,15,18,25H,4-6,9-10,12-13H2,1-3H3. The summed E-state index contributed by atoms with van der Waals surface area (Å²) in [7, 11) is 6.14.